The summed E-state index contributed by atoms with van der Waals surface area (Å²) in [5.41, 5.74) is 1.58. The fraction of sp³-hybridized carbons (Fsp3) is 0.429. The average molecular weight is 315 g/mol. The van der Waals surface area contributed by atoms with E-state index in [0.717, 1.165) is 23.3 Å². The molecule has 1 N–H and O–H groups in total. The summed E-state index contributed by atoms with van der Waals surface area (Å²) in [7, 11) is 0. The average Bonchev–Trinajstić information content (AvgIpc) is 2.63. The molecule has 6 heteroatoms. The van der Waals surface area contributed by atoms with Crippen molar-refractivity contribution in [2.45, 2.75) is 33.2 Å². The van der Waals surface area contributed by atoms with E-state index in [1.807, 2.05) is 4.57 Å². The first-order valence-electron chi connectivity index (χ1n) is 6.44. The van der Waals surface area contributed by atoms with Crippen LogP contribution in [0.4, 0.5) is 0 Å². The van der Waals surface area contributed by atoms with Gasteiger partial charge in [-0.3, -0.25) is 4.79 Å². The lowest BCUT2D eigenvalue weighted by Gasteiger charge is -2.09. The van der Waals surface area contributed by atoms with Crippen molar-refractivity contribution in [3.8, 4) is 0 Å². The molecule has 0 aliphatic carbocycles. The van der Waals surface area contributed by atoms with E-state index in [2.05, 4.69) is 18.8 Å². The number of benzene rings is 1. The maximum atomic E-state index is 10.8. The van der Waals surface area contributed by atoms with Crippen LogP contribution in [0.5, 0.6) is 0 Å². The Morgan fingerprint density at radius 1 is 1.35 bits per heavy atom. The van der Waals surface area contributed by atoms with Crippen LogP contribution in [0.1, 0.15) is 26.1 Å². The molecule has 0 bridgehead atoms. The molecule has 0 fully saturated rings. The van der Waals surface area contributed by atoms with E-state index < -0.39 is 5.97 Å². The normalized spacial score (nSPS) is 11.4. The smallest absolute Gasteiger partial charge is 0.305 e. The predicted octanol–water partition coefficient (Wildman–Crippen LogP) is 4.02. The molecule has 0 amide bonds. The van der Waals surface area contributed by atoms with Crippen LogP contribution in [-0.4, -0.2) is 20.6 Å². The zero-order valence-corrected chi connectivity index (χ0v) is 12.9. The number of carbonyl (C=O) groups is 1. The van der Waals surface area contributed by atoms with Crippen LogP contribution >= 0.6 is 23.2 Å². The first-order valence-corrected chi connectivity index (χ1v) is 7.20. The number of hydrogen-bond donors (Lipinski definition) is 1. The van der Waals surface area contributed by atoms with Gasteiger partial charge in [-0.05, 0) is 18.1 Å². The third kappa shape index (κ3) is 3.25. The Balaban J connectivity index is 2.52. The molecule has 1 heterocycles. The van der Waals surface area contributed by atoms with Gasteiger partial charge in [0, 0.05) is 13.0 Å². The molecule has 108 valence electrons. The number of hydrogen-bond acceptors (Lipinski definition) is 2. The molecule has 4 nitrogen and oxygen atoms in total. The van der Waals surface area contributed by atoms with Gasteiger partial charge in [-0.25, -0.2) is 4.98 Å². The van der Waals surface area contributed by atoms with Crippen molar-refractivity contribution in [2.75, 3.05) is 0 Å². The fourth-order valence-electron chi connectivity index (χ4n) is 2.15. The van der Waals surface area contributed by atoms with Gasteiger partial charge in [0.1, 0.15) is 5.82 Å². The van der Waals surface area contributed by atoms with Gasteiger partial charge in [-0.1, -0.05) is 37.0 Å². The van der Waals surface area contributed by atoms with Crippen LogP contribution in [0.25, 0.3) is 11.0 Å². The molecule has 0 aliphatic heterocycles. The zero-order valence-electron chi connectivity index (χ0n) is 11.4. The quantitative estimate of drug-likeness (QED) is 0.907. The summed E-state index contributed by atoms with van der Waals surface area (Å²) in [5.74, 6) is 0.471. The zero-order chi connectivity index (χ0) is 14.9. The first-order chi connectivity index (χ1) is 9.38. The second-order valence-electron chi connectivity index (χ2n) is 5.18. The number of rotatable bonds is 5. The SMILES string of the molecule is CC(C)Cc1nc2cc(Cl)c(Cl)cc2n1CCC(=O)O. The van der Waals surface area contributed by atoms with E-state index in [0.29, 0.717) is 22.5 Å². The highest BCUT2D eigenvalue weighted by atomic mass is 35.5. The Morgan fingerprint density at radius 2 is 2.00 bits per heavy atom. The molecule has 0 aliphatic rings. The molecule has 1 aromatic heterocycles. The number of carboxylic acids is 1. The molecule has 0 atom stereocenters. The van der Waals surface area contributed by atoms with Crippen molar-refractivity contribution in [3.63, 3.8) is 0 Å². The fourth-order valence-corrected chi connectivity index (χ4v) is 2.46. The van der Waals surface area contributed by atoms with Crippen LogP contribution in [0.2, 0.25) is 10.0 Å². The maximum absolute atomic E-state index is 10.8. The molecular weight excluding hydrogens is 299 g/mol. The minimum atomic E-state index is -0.831. The minimum absolute atomic E-state index is 0.0524. The minimum Gasteiger partial charge on any atom is -0.481 e. The summed E-state index contributed by atoms with van der Waals surface area (Å²) in [5, 5.41) is 9.78. The predicted molar refractivity (Wildman–Crippen MR) is 80.5 cm³/mol. The summed E-state index contributed by atoms with van der Waals surface area (Å²) < 4.78 is 1.92. The Morgan fingerprint density at radius 3 is 2.60 bits per heavy atom. The Kier molecular flexibility index (Phi) is 4.55. The Hall–Kier alpha value is -1.26. The van der Waals surface area contributed by atoms with Crippen LogP contribution in [-0.2, 0) is 17.8 Å². The monoisotopic (exact) mass is 314 g/mol. The lowest BCUT2D eigenvalue weighted by Crippen LogP contribution is -2.10. The van der Waals surface area contributed by atoms with E-state index in [4.69, 9.17) is 28.3 Å². The first kappa shape index (κ1) is 15.1. The van der Waals surface area contributed by atoms with Crippen molar-refractivity contribution < 1.29 is 9.90 Å². The number of halogens is 2. The van der Waals surface area contributed by atoms with Crippen molar-refractivity contribution in [1.29, 1.82) is 0 Å². The largest absolute Gasteiger partial charge is 0.481 e. The lowest BCUT2D eigenvalue weighted by atomic mass is 10.1. The summed E-state index contributed by atoms with van der Waals surface area (Å²) in [6, 6.07) is 3.47. The standard InChI is InChI=1S/C14H16Cl2N2O2/c1-8(2)5-13-17-11-6-9(15)10(16)7-12(11)18(13)4-3-14(19)20/h6-8H,3-5H2,1-2H3,(H,19,20). The molecule has 2 rings (SSSR count). The van der Waals surface area contributed by atoms with Gasteiger partial charge in [0.2, 0.25) is 0 Å². The van der Waals surface area contributed by atoms with Gasteiger partial charge in [-0.2, -0.15) is 0 Å². The second kappa shape index (κ2) is 6.02. The highest BCUT2D eigenvalue weighted by molar-refractivity contribution is 6.42. The van der Waals surface area contributed by atoms with Gasteiger partial charge < -0.3 is 9.67 Å². The van der Waals surface area contributed by atoms with Crippen molar-refractivity contribution in [1.82, 2.24) is 9.55 Å². The van der Waals surface area contributed by atoms with Gasteiger partial charge in [0.25, 0.3) is 0 Å². The van der Waals surface area contributed by atoms with Gasteiger partial charge >= 0.3 is 5.97 Å². The van der Waals surface area contributed by atoms with E-state index in [-0.39, 0.29) is 6.42 Å². The molecule has 2 aromatic rings. The number of fused-ring (bicyclic) bond motifs is 1. The van der Waals surface area contributed by atoms with Crippen molar-refractivity contribution in [3.05, 3.63) is 28.0 Å². The van der Waals surface area contributed by atoms with Crippen LogP contribution in [0.3, 0.4) is 0 Å². The number of aromatic nitrogens is 2. The van der Waals surface area contributed by atoms with E-state index in [9.17, 15) is 4.79 Å². The highest BCUT2D eigenvalue weighted by Gasteiger charge is 2.14. The number of aliphatic carboxylic acids is 1. The Bertz CT molecular complexity index is 650. The number of carboxylic acid groups (broad SMARTS) is 1. The van der Waals surface area contributed by atoms with Crippen LogP contribution in [0, 0.1) is 5.92 Å². The highest BCUT2D eigenvalue weighted by Crippen LogP contribution is 2.29. The molecule has 0 saturated heterocycles. The maximum Gasteiger partial charge on any atom is 0.305 e. The molecule has 20 heavy (non-hydrogen) atoms. The van der Waals surface area contributed by atoms with E-state index >= 15 is 0 Å². The molecule has 1 aromatic carbocycles. The number of nitrogens with zero attached hydrogens (tertiary/aromatic N) is 2. The summed E-state index contributed by atoms with van der Waals surface area (Å²) in [6.07, 6.45) is 0.834. The molecule has 0 radical (unpaired) electrons. The third-order valence-corrected chi connectivity index (χ3v) is 3.73. The molecule has 0 unspecified atom stereocenters. The molecule has 0 saturated carbocycles. The molecule has 0 spiro atoms. The van der Waals surface area contributed by atoms with Crippen molar-refractivity contribution in [2.24, 2.45) is 5.92 Å². The number of aryl methyl sites for hydroxylation is 1. The number of imidazole rings is 1. The topological polar surface area (TPSA) is 55.1 Å². The summed E-state index contributed by atoms with van der Waals surface area (Å²) in [6.45, 7) is 4.58. The molecular formula is C14H16Cl2N2O2. The van der Waals surface area contributed by atoms with E-state index in [1.54, 1.807) is 12.1 Å². The van der Waals surface area contributed by atoms with Gasteiger partial charge in [-0.15, -0.1) is 0 Å². The summed E-state index contributed by atoms with van der Waals surface area (Å²) in [4.78, 5) is 15.4. The lowest BCUT2D eigenvalue weighted by molar-refractivity contribution is -0.137. The van der Waals surface area contributed by atoms with Gasteiger partial charge in [0.15, 0.2) is 0 Å². The van der Waals surface area contributed by atoms with Crippen LogP contribution < -0.4 is 0 Å². The Labute approximate surface area is 127 Å². The second-order valence-corrected chi connectivity index (χ2v) is 5.99. The van der Waals surface area contributed by atoms with Crippen LogP contribution in [0.15, 0.2) is 12.1 Å². The van der Waals surface area contributed by atoms with Crippen molar-refractivity contribution >= 4 is 40.2 Å². The third-order valence-electron chi connectivity index (χ3n) is 3.01. The van der Waals surface area contributed by atoms with E-state index in [1.165, 1.54) is 0 Å². The summed E-state index contributed by atoms with van der Waals surface area (Å²) >= 11 is 12.1. The van der Waals surface area contributed by atoms with Gasteiger partial charge in [0.05, 0.1) is 27.5 Å².